The second kappa shape index (κ2) is 6.56. The van der Waals surface area contributed by atoms with Gasteiger partial charge in [0, 0.05) is 12.1 Å². The van der Waals surface area contributed by atoms with Crippen LogP contribution in [0.2, 0.25) is 0 Å². The molecule has 1 heterocycles. The first kappa shape index (κ1) is 13.9. The zero-order valence-corrected chi connectivity index (χ0v) is 10.0. The summed E-state index contributed by atoms with van der Waals surface area (Å²) in [4.78, 5) is 22.5. The van der Waals surface area contributed by atoms with Crippen molar-refractivity contribution in [2.24, 2.45) is 11.7 Å². The Kier molecular flexibility index (Phi) is 5.37. The van der Waals surface area contributed by atoms with E-state index in [1.54, 1.807) is 0 Å². The van der Waals surface area contributed by atoms with Crippen LogP contribution in [0.25, 0.3) is 0 Å². The average molecular weight is 244 g/mol. The van der Waals surface area contributed by atoms with E-state index in [0.29, 0.717) is 19.6 Å². The Morgan fingerprint density at radius 1 is 1.53 bits per heavy atom. The summed E-state index contributed by atoms with van der Waals surface area (Å²) in [5.41, 5.74) is 5.73. The number of hydrogen-bond acceptors (Lipinski definition) is 4. The van der Waals surface area contributed by atoms with Crippen LogP contribution in [-0.2, 0) is 14.3 Å². The van der Waals surface area contributed by atoms with Crippen LogP contribution in [0.4, 0.5) is 0 Å². The highest BCUT2D eigenvalue weighted by atomic mass is 16.5. The molecule has 3 atom stereocenters. The maximum absolute atomic E-state index is 11.9. The second-order valence-electron chi connectivity index (χ2n) is 4.40. The minimum Gasteiger partial charge on any atom is -0.481 e. The highest BCUT2D eigenvalue weighted by Gasteiger charge is 2.32. The molecule has 0 spiro atoms. The lowest BCUT2D eigenvalue weighted by molar-refractivity contribution is -0.137. The van der Waals surface area contributed by atoms with E-state index in [9.17, 15) is 9.59 Å². The molecule has 0 aromatic heterocycles. The number of nitrogens with one attached hydrogen (secondary N) is 1. The van der Waals surface area contributed by atoms with Crippen molar-refractivity contribution in [1.82, 2.24) is 5.32 Å². The fraction of sp³-hybridized carbons (Fsp3) is 0.818. The van der Waals surface area contributed by atoms with Crippen LogP contribution < -0.4 is 11.1 Å². The predicted octanol–water partition coefficient (Wildman–Crippen LogP) is -0.280. The highest BCUT2D eigenvalue weighted by Crippen LogP contribution is 2.13. The Labute approximate surface area is 101 Å². The Morgan fingerprint density at radius 2 is 2.24 bits per heavy atom. The van der Waals surface area contributed by atoms with E-state index in [1.165, 1.54) is 0 Å². The predicted molar refractivity (Wildman–Crippen MR) is 61.4 cm³/mol. The SMILES string of the molecule is CCCC(CC(=O)O)NC(=O)C1COCC1N. The quantitative estimate of drug-likeness (QED) is 0.596. The van der Waals surface area contributed by atoms with Gasteiger partial charge in [-0.05, 0) is 6.42 Å². The third-order valence-corrected chi connectivity index (χ3v) is 2.87. The van der Waals surface area contributed by atoms with Crippen molar-refractivity contribution in [2.75, 3.05) is 13.2 Å². The molecule has 98 valence electrons. The number of ether oxygens (including phenoxy) is 1. The molecular formula is C11H20N2O4. The Balaban J connectivity index is 2.47. The normalized spacial score (nSPS) is 25.5. The maximum Gasteiger partial charge on any atom is 0.305 e. The lowest BCUT2D eigenvalue weighted by atomic mass is 10.0. The van der Waals surface area contributed by atoms with Crippen LogP contribution in [0.15, 0.2) is 0 Å². The van der Waals surface area contributed by atoms with E-state index in [2.05, 4.69) is 5.32 Å². The van der Waals surface area contributed by atoms with Crippen LogP contribution in [-0.4, -0.2) is 42.3 Å². The summed E-state index contributed by atoms with van der Waals surface area (Å²) >= 11 is 0. The number of amides is 1. The number of carbonyl (C=O) groups is 2. The molecule has 0 aromatic carbocycles. The third kappa shape index (κ3) is 4.32. The molecule has 0 aliphatic carbocycles. The molecule has 1 aliphatic rings. The van der Waals surface area contributed by atoms with Gasteiger partial charge in [-0.25, -0.2) is 0 Å². The summed E-state index contributed by atoms with van der Waals surface area (Å²) in [7, 11) is 0. The zero-order chi connectivity index (χ0) is 12.8. The van der Waals surface area contributed by atoms with Gasteiger partial charge >= 0.3 is 5.97 Å². The molecule has 1 rings (SSSR count). The van der Waals surface area contributed by atoms with Gasteiger partial charge < -0.3 is 20.9 Å². The number of aliphatic carboxylic acids is 1. The summed E-state index contributed by atoms with van der Waals surface area (Å²) in [6.45, 7) is 2.65. The van der Waals surface area contributed by atoms with Gasteiger partial charge in [0.1, 0.15) is 0 Å². The summed E-state index contributed by atoms with van der Waals surface area (Å²) < 4.78 is 5.11. The summed E-state index contributed by atoms with van der Waals surface area (Å²) in [5.74, 6) is -1.46. The van der Waals surface area contributed by atoms with E-state index in [4.69, 9.17) is 15.6 Å². The Morgan fingerprint density at radius 3 is 2.71 bits per heavy atom. The first-order valence-electron chi connectivity index (χ1n) is 5.90. The smallest absolute Gasteiger partial charge is 0.305 e. The van der Waals surface area contributed by atoms with Gasteiger partial charge in [0.25, 0.3) is 0 Å². The van der Waals surface area contributed by atoms with Gasteiger partial charge in [-0.2, -0.15) is 0 Å². The van der Waals surface area contributed by atoms with Crippen LogP contribution >= 0.6 is 0 Å². The minimum atomic E-state index is -0.907. The van der Waals surface area contributed by atoms with Gasteiger partial charge in [0.05, 0.1) is 25.6 Å². The maximum atomic E-state index is 11.9. The Hall–Kier alpha value is -1.14. The van der Waals surface area contributed by atoms with E-state index in [-0.39, 0.29) is 30.3 Å². The molecular weight excluding hydrogens is 224 g/mol. The number of carbonyl (C=O) groups excluding carboxylic acids is 1. The molecule has 1 aliphatic heterocycles. The van der Waals surface area contributed by atoms with E-state index in [0.717, 1.165) is 6.42 Å². The molecule has 6 nitrogen and oxygen atoms in total. The minimum absolute atomic E-state index is 0.0532. The lowest BCUT2D eigenvalue weighted by Gasteiger charge is -2.20. The van der Waals surface area contributed by atoms with E-state index < -0.39 is 5.97 Å². The average Bonchev–Trinajstić information content (AvgIpc) is 2.63. The van der Waals surface area contributed by atoms with Crippen LogP contribution in [0.3, 0.4) is 0 Å². The highest BCUT2D eigenvalue weighted by molar-refractivity contribution is 5.80. The molecule has 4 N–H and O–H groups in total. The van der Waals surface area contributed by atoms with Gasteiger partial charge in [-0.3, -0.25) is 9.59 Å². The summed E-state index contributed by atoms with van der Waals surface area (Å²) in [5, 5.41) is 11.5. The van der Waals surface area contributed by atoms with Crippen molar-refractivity contribution in [3.8, 4) is 0 Å². The van der Waals surface area contributed by atoms with Gasteiger partial charge in [-0.1, -0.05) is 13.3 Å². The molecule has 6 heteroatoms. The topological polar surface area (TPSA) is 102 Å². The van der Waals surface area contributed by atoms with Crippen molar-refractivity contribution >= 4 is 11.9 Å². The van der Waals surface area contributed by atoms with Gasteiger partial charge in [-0.15, -0.1) is 0 Å². The van der Waals surface area contributed by atoms with Crippen LogP contribution in [0.1, 0.15) is 26.2 Å². The van der Waals surface area contributed by atoms with Gasteiger partial charge in [0.15, 0.2) is 0 Å². The molecule has 3 unspecified atom stereocenters. The molecule has 0 bridgehead atoms. The monoisotopic (exact) mass is 244 g/mol. The van der Waals surface area contributed by atoms with Gasteiger partial charge in [0.2, 0.25) is 5.91 Å². The van der Waals surface area contributed by atoms with Crippen molar-refractivity contribution in [3.05, 3.63) is 0 Å². The van der Waals surface area contributed by atoms with Crippen molar-refractivity contribution in [1.29, 1.82) is 0 Å². The number of hydrogen-bond donors (Lipinski definition) is 3. The third-order valence-electron chi connectivity index (χ3n) is 2.87. The standard InChI is InChI=1S/C11H20N2O4/c1-2-3-7(4-10(14)15)13-11(16)8-5-17-6-9(8)12/h7-9H,2-6,12H2,1H3,(H,13,16)(H,14,15). The second-order valence-corrected chi connectivity index (χ2v) is 4.40. The number of nitrogens with two attached hydrogens (primary N) is 1. The van der Waals surface area contributed by atoms with Crippen molar-refractivity contribution in [3.63, 3.8) is 0 Å². The van der Waals surface area contributed by atoms with Crippen LogP contribution in [0, 0.1) is 5.92 Å². The van der Waals surface area contributed by atoms with Crippen molar-refractivity contribution in [2.45, 2.75) is 38.3 Å². The largest absolute Gasteiger partial charge is 0.481 e. The Bertz CT molecular complexity index is 283. The lowest BCUT2D eigenvalue weighted by Crippen LogP contribution is -2.45. The summed E-state index contributed by atoms with van der Waals surface area (Å²) in [6.07, 6.45) is 1.43. The van der Waals surface area contributed by atoms with E-state index in [1.807, 2.05) is 6.92 Å². The van der Waals surface area contributed by atoms with Crippen LogP contribution in [0.5, 0.6) is 0 Å². The zero-order valence-electron chi connectivity index (χ0n) is 10.0. The number of carboxylic acids is 1. The molecule has 17 heavy (non-hydrogen) atoms. The number of carboxylic acid groups (broad SMARTS) is 1. The molecule has 1 saturated heterocycles. The molecule has 1 fully saturated rings. The molecule has 1 amide bonds. The fourth-order valence-electron chi connectivity index (χ4n) is 1.93. The van der Waals surface area contributed by atoms with E-state index >= 15 is 0 Å². The summed E-state index contributed by atoms with van der Waals surface area (Å²) in [6, 6.07) is -0.611. The van der Waals surface area contributed by atoms with Crippen molar-refractivity contribution < 1.29 is 19.4 Å². The first-order valence-corrected chi connectivity index (χ1v) is 5.90. The first-order chi connectivity index (χ1) is 8.04. The molecule has 0 aromatic rings. The molecule has 0 saturated carbocycles. The fourth-order valence-corrected chi connectivity index (χ4v) is 1.93. The number of rotatable bonds is 6. The molecule has 0 radical (unpaired) electrons.